The van der Waals surface area contributed by atoms with Crippen molar-refractivity contribution in [3.05, 3.63) is 41.5 Å². The molecule has 0 fully saturated rings. The molecule has 2 N–H and O–H groups in total. The van der Waals surface area contributed by atoms with Gasteiger partial charge in [-0.25, -0.2) is 9.07 Å². The van der Waals surface area contributed by atoms with Crippen LogP contribution in [-0.4, -0.2) is 30.0 Å². The second kappa shape index (κ2) is 5.55. The number of aryl methyl sites for hydroxylation is 1. The van der Waals surface area contributed by atoms with Crippen LogP contribution < -0.4 is 5.73 Å². The van der Waals surface area contributed by atoms with Gasteiger partial charge in [-0.2, -0.15) is 9.90 Å². The SMILES string of the molecule is CCc1c(-c2ccc(F)cc2)nn(Cc2nnn(C)n2)c1N. The molecule has 0 saturated heterocycles. The van der Waals surface area contributed by atoms with E-state index in [4.69, 9.17) is 5.73 Å². The van der Waals surface area contributed by atoms with Crippen LogP contribution in [0.3, 0.4) is 0 Å². The predicted molar refractivity (Wildman–Crippen MR) is 79.3 cm³/mol. The smallest absolute Gasteiger partial charge is 0.196 e. The minimum atomic E-state index is -0.280. The molecular weight excluding hydrogens is 285 g/mol. The van der Waals surface area contributed by atoms with Crippen LogP contribution in [0.5, 0.6) is 0 Å². The molecular formula is C14H16FN7. The number of hydrogen-bond donors (Lipinski definition) is 1. The van der Waals surface area contributed by atoms with E-state index in [9.17, 15) is 4.39 Å². The van der Waals surface area contributed by atoms with Crippen molar-refractivity contribution in [1.82, 2.24) is 30.0 Å². The predicted octanol–water partition coefficient (Wildman–Crippen LogP) is 1.41. The summed E-state index contributed by atoms with van der Waals surface area (Å²) in [5.74, 6) is 0.817. The summed E-state index contributed by atoms with van der Waals surface area (Å²) in [6.07, 6.45) is 0.729. The monoisotopic (exact) mass is 301 g/mol. The average molecular weight is 301 g/mol. The average Bonchev–Trinajstić information content (AvgIpc) is 3.04. The number of nitrogens with zero attached hydrogens (tertiary/aromatic N) is 6. The first-order valence-corrected chi connectivity index (χ1v) is 6.92. The molecule has 2 aromatic heterocycles. The Morgan fingerprint density at radius 2 is 1.91 bits per heavy atom. The van der Waals surface area contributed by atoms with Crippen molar-refractivity contribution >= 4 is 5.82 Å². The third-order valence-corrected chi connectivity index (χ3v) is 3.41. The van der Waals surface area contributed by atoms with Crippen LogP contribution in [0.15, 0.2) is 24.3 Å². The van der Waals surface area contributed by atoms with Crippen LogP contribution in [0.2, 0.25) is 0 Å². The van der Waals surface area contributed by atoms with E-state index in [1.807, 2.05) is 6.92 Å². The first-order chi connectivity index (χ1) is 10.6. The van der Waals surface area contributed by atoms with E-state index in [2.05, 4.69) is 20.5 Å². The first-order valence-electron chi connectivity index (χ1n) is 6.92. The number of nitrogen functional groups attached to an aromatic ring is 1. The lowest BCUT2D eigenvalue weighted by Gasteiger charge is -2.01. The zero-order valence-corrected chi connectivity index (χ0v) is 12.4. The molecule has 0 radical (unpaired) electrons. The van der Waals surface area contributed by atoms with Crippen LogP contribution >= 0.6 is 0 Å². The molecule has 2 heterocycles. The molecule has 0 bridgehead atoms. The van der Waals surface area contributed by atoms with Crippen LogP contribution in [-0.2, 0) is 20.0 Å². The Labute approximate surface area is 126 Å². The van der Waals surface area contributed by atoms with Crippen molar-refractivity contribution < 1.29 is 4.39 Å². The Morgan fingerprint density at radius 3 is 2.50 bits per heavy atom. The van der Waals surface area contributed by atoms with Crippen molar-refractivity contribution in [2.75, 3.05) is 5.73 Å². The summed E-state index contributed by atoms with van der Waals surface area (Å²) in [5, 5.41) is 16.4. The van der Waals surface area contributed by atoms with Gasteiger partial charge in [-0.1, -0.05) is 6.92 Å². The topological polar surface area (TPSA) is 87.4 Å². The lowest BCUT2D eigenvalue weighted by Crippen LogP contribution is -2.08. The van der Waals surface area contributed by atoms with Gasteiger partial charge in [0, 0.05) is 11.1 Å². The van der Waals surface area contributed by atoms with Crippen molar-refractivity contribution in [1.29, 1.82) is 0 Å². The third kappa shape index (κ3) is 2.54. The standard InChI is InChI=1S/C14H16FN7/c1-3-11-13(9-4-6-10(15)7-5-9)19-22(14(11)16)8-12-17-20-21(2)18-12/h4-7H,3,8,16H2,1-2H3. The highest BCUT2D eigenvalue weighted by atomic mass is 19.1. The van der Waals surface area contributed by atoms with E-state index < -0.39 is 0 Å². The zero-order chi connectivity index (χ0) is 15.7. The quantitative estimate of drug-likeness (QED) is 0.787. The van der Waals surface area contributed by atoms with Gasteiger partial charge in [0.2, 0.25) is 0 Å². The lowest BCUT2D eigenvalue weighted by atomic mass is 10.1. The Bertz CT molecular complexity index is 788. The molecule has 0 atom stereocenters. The van der Waals surface area contributed by atoms with Gasteiger partial charge in [-0.15, -0.1) is 10.2 Å². The summed E-state index contributed by atoms with van der Waals surface area (Å²) in [5.41, 5.74) is 8.69. The van der Waals surface area contributed by atoms with Crippen LogP contribution in [0.25, 0.3) is 11.3 Å². The Balaban J connectivity index is 2.00. The zero-order valence-electron chi connectivity index (χ0n) is 12.4. The normalized spacial score (nSPS) is 11.0. The number of benzene rings is 1. The fourth-order valence-corrected chi connectivity index (χ4v) is 2.34. The number of halogens is 1. The highest BCUT2D eigenvalue weighted by Crippen LogP contribution is 2.28. The largest absolute Gasteiger partial charge is 0.384 e. The molecule has 0 aliphatic rings. The van der Waals surface area contributed by atoms with Crippen molar-refractivity contribution in [2.45, 2.75) is 19.9 Å². The van der Waals surface area contributed by atoms with E-state index in [0.717, 1.165) is 23.2 Å². The van der Waals surface area contributed by atoms with Gasteiger partial charge < -0.3 is 5.73 Å². The highest BCUT2D eigenvalue weighted by Gasteiger charge is 2.17. The van der Waals surface area contributed by atoms with Crippen LogP contribution in [0.4, 0.5) is 10.2 Å². The summed E-state index contributed by atoms with van der Waals surface area (Å²) in [4.78, 5) is 1.39. The van der Waals surface area contributed by atoms with E-state index in [1.165, 1.54) is 16.9 Å². The molecule has 0 aliphatic carbocycles. The maximum atomic E-state index is 13.1. The second-order valence-electron chi connectivity index (χ2n) is 4.93. The number of rotatable bonds is 4. The van der Waals surface area contributed by atoms with Crippen molar-refractivity contribution in [2.24, 2.45) is 7.05 Å². The molecule has 0 aliphatic heterocycles. The van der Waals surface area contributed by atoms with E-state index >= 15 is 0 Å². The Morgan fingerprint density at radius 1 is 1.18 bits per heavy atom. The van der Waals surface area contributed by atoms with E-state index in [-0.39, 0.29) is 5.82 Å². The number of nitrogens with two attached hydrogens (primary N) is 1. The Hall–Kier alpha value is -2.77. The summed E-state index contributed by atoms with van der Waals surface area (Å²) in [6.45, 7) is 2.35. The number of hydrogen-bond acceptors (Lipinski definition) is 5. The van der Waals surface area contributed by atoms with Crippen molar-refractivity contribution in [3.8, 4) is 11.3 Å². The third-order valence-electron chi connectivity index (χ3n) is 3.41. The minimum Gasteiger partial charge on any atom is -0.384 e. The molecule has 3 aromatic rings. The van der Waals surface area contributed by atoms with Gasteiger partial charge in [0.05, 0.1) is 12.7 Å². The molecule has 0 spiro atoms. The fourth-order valence-electron chi connectivity index (χ4n) is 2.34. The molecule has 3 rings (SSSR count). The minimum absolute atomic E-state index is 0.280. The summed E-state index contributed by atoms with van der Waals surface area (Å²) in [6, 6.07) is 6.21. The molecule has 0 amide bonds. The summed E-state index contributed by atoms with van der Waals surface area (Å²) >= 11 is 0. The lowest BCUT2D eigenvalue weighted by molar-refractivity contribution is 0.619. The van der Waals surface area contributed by atoms with Crippen LogP contribution in [0, 0.1) is 5.82 Å². The molecule has 114 valence electrons. The van der Waals surface area contributed by atoms with Gasteiger partial charge in [0.1, 0.15) is 18.2 Å². The van der Waals surface area contributed by atoms with Gasteiger partial charge in [0.25, 0.3) is 0 Å². The molecule has 0 unspecified atom stereocenters. The molecule has 0 saturated carbocycles. The summed E-state index contributed by atoms with van der Waals surface area (Å²) < 4.78 is 14.7. The van der Waals surface area contributed by atoms with E-state index in [1.54, 1.807) is 23.9 Å². The van der Waals surface area contributed by atoms with Gasteiger partial charge >= 0.3 is 0 Å². The number of anilines is 1. The van der Waals surface area contributed by atoms with Gasteiger partial charge in [-0.05, 0) is 35.9 Å². The molecule has 22 heavy (non-hydrogen) atoms. The number of tetrazole rings is 1. The van der Waals surface area contributed by atoms with E-state index in [0.29, 0.717) is 18.2 Å². The molecule has 1 aromatic carbocycles. The molecule has 7 nitrogen and oxygen atoms in total. The fraction of sp³-hybridized carbons (Fsp3) is 0.286. The first kappa shape index (κ1) is 14.2. The van der Waals surface area contributed by atoms with Gasteiger partial charge in [-0.3, -0.25) is 0 Å². The Kier molecular flexibility index (Phi) is 3.58. The van der Waals surface area contributed by atoms with Crippen LogP contribution in [0.1, 0.15) is 18.3 Å². The van der Waals surface area contributed by atoms with Crippen molar-refractivity contribution in [3.63, 3.8) is 0 Å². The number of aromatic nitrogens is 6. The second-order valence-corrected chi connectivity index (χ2v) is 4.93. The summed E-state index contributed by atoms with van der Waals surface area (Å²) in [7, 11) is 1.70. The molecule has 8 heteroatoms. The maximum absolute atomic E-state index is 13.1. The maximum Gasteiger partial charge on any atom is 0.196 e. The highest BCUT2D eigenvalue weighted by molar-refractivity contribution is 5.68. The van der Waals surface area contributed by atoms with Gasteiger partial charge in [0.15, 0.2) is 5.82 Å².